The Hall–Kier alpha value is -3.28. The van der Waals surface area contributed by atoms with E-state index in [1.807, 2.05) is 30.3 Å². The predicted octanol–water partition coefficient (Wildman–Crippen LogP) is 6.45. The zero-order valence-corrected chi connectivity index (χ0v) is 21.2. The molecule has 1 unspecified atom stereocenters. The van der Waals surface area contributed by atoms with Crippen LogP contribution in [0.3, 0.4) is 0 Å². The summed E-state index contributed by atoms with van der Waals surface area (Å²) in [5.41, 5.74) is 1.55. The van der Waals surface area contributed by atoms with Crippen molar-refractivity contribution in [2.45, 2.75) is 23.4 Å². The average molecular weight is 529 g/mol. The minimum atomic E-state index is -0.526. The number of thiophene rings is 1. The van der Waals surface area contributed by atoms with Crippen molar-refractivity contribution >= 4 is 62.1 Å². The van der Waals surface area contributed by atoms with Crippen molar-refractivity contribution in [2.24, 2.45) is 0 Å². The van der Waals surface area contributed by atoms with Crippen molar-refractivity contribution in [2.75, 3.05) is 17.2 Å². The average Bonchev–Trinajstić information content (AvgIpc) is 3.48. The first kappa shape index (κ1) is 24.8. The van der Waals surface area contributed by atoms with Gasteiger partial charge < -0.3 is 15.4 Å². The number of amides is 1. The molecule has 2 aromatic carbocycles. The molecule has 11 heteroatoms. The van der Waals surface area contributed by atoms with Crippen molar-refractivity contribution in [1.29, 1.82) is 0 Å². The summed E-state index contributed by atoms with van der Waals surface area (Å²) in [6.45, 7) is 3.70. The molecule has 4 rings (SSSR count). The molecule has 7 nitrogen and oxygen atoms in total. The molecule has 4 aromatic rings. The van der Waals surface area contributed by atoms with Crippen LogP contribution >= 0.6 is 34.4 Å². The van der Waals surface area contributed by atoms with Crippen LogP contribution in [0.25, 0.3) is 10.4 Å². The van der Waals surface area contributed by atoms with Gasteiger partial charge in [0.25, 0.3) is 0 Å². The predicted molar refractivity (Wildman–Crippen MR) is 139 cm³/mol. The summed E-state index contributed by atoms with van der Waals surface area (Å²) in [4.78, 5) is 26.3. The molecule has 180 valence electrons. The van der Waals surface area contributed by atoms with Gasteiger partial charge in [0.1, 0.15) is 10.8 Å². The summed E-state index contributed by atoms with van der Waals surface area (Å²) in [5, 5.41) is 14.2. The molecule has 35 heavy (non-hydrogen) atoms. The van der Waals surface area contributed by atoms with E-state index < -0.39 is 17.0 Å². The fourth-order valence-corrected chi connectivity index (χ4v) is 5.96. The van der Waals surface area contributed by atoms with E-state index in [0.717, 1.165) is 10.4 Å². The Labute approximate surface area is 213 Å². The van der Waals surface area contributed by atoms with Gasteiger partial charge in [-0.05, 0) is 37.6 Å². The molecule has 0 spiro atoms. The van der Waals surface area contributed by atoms with E-state index in [1.54, 1.807) is 38.1 Å². The standard InChI is InChI=1S/C24H21FN4O3S3/c1-3-32-22(31)16-13-19(15-9-5-4-6-10-15)34-21(16)27-20(30)14(2)33-24-29-28-23(35-24)26-18-12-8-7-11-17(18)25/h4-14H,3H2,1-2H3,(H,26,28)(H,27,30). The lowest BCUT2D eigenvalue weighted by Gasteiger charge is -2.10. The number of esters is 1. The van der Waals surface area contributed by atoms with Gasteiger partial charge in [-0.25, -0.2) is 9.18 Å². The minimum absolute atomic E-state index is 0.231. The molecule has 1 atom stereocenters. The van der Waals surface area contributed by atoms with Gasteiger partial charge in [-0.3, -0.25) is 4.79 Å². The number of carbonyl (C=O) groups excluding carboxylic acids is 2. The number of nitrogens with one attached hydrogen (secondary N) is 2. The second kappa shape index (κ2) is 11.4. The van der Waals surface area contributed by atoms with Crippen LogP contribution in [0.2, 0.25) is 0 Å². The lowest BCUT2D eigenvalue weighted by Crippen LogP contribution is -2.23. The number of carbonyl (C=O) groups is 2. The Morgan fingerprint density at radius 1 is 1.09 bits per heavy atom. The lowest BCUT2D eigenvalue weighted by molar-refractivity contribution is -0.115. The summed E-state index contributed by atoms with van der Waals surface area (Å²) < 4.78 is 19.6. The zero-order chi connectivity index (χ0) is 24.8. The molecule has 0 saturated heterocycles. The van der Waals surface area contributed by atoms with E-state index in [2.05, 4.69) is 20.8 Å². The Kier molecular flexibility index (Phi) is 8.11. The summed E-state index contributed by atoms with van der Waals surface area (Å²) in [5.74, 6) is -1.18. The van der Waals surface area contributed by atoms with Crippen molar-refractivity contribution in [3.63, 3.8) is 0 Å². The van der Waals surface area contributed by atoms with E-state index >= 15 is 0 Å². The largest absolute Gasteiger partial charge is 0.462 e. The maximum Gasteiger partial charge on any atom is 0.341 e. The SMILES string of the molecule is CCOC(=O)c1cc(-c2ccccc2)sc1NC(=O)C(C)Sc1nnc(Nc2ccccc2F)s1. The Balaban J connectivity index is 1.45. The van der Waals surface area contributed by atoms with Crippen molar-refractivity contribution < 1.29 is 18.7 Å². The Morgan fingerprint density at radius 3 is 2.57 bits per heavy atom. The highest BCUT2D eigenvalue weighted by Gasteiger charge is 2.23. The quantitative estimate of drug-likeness (QED) is 0.191. The van der Waals surface area contributed by atoms with Crippen LogP contribution in [0, 0.1) is 5.82 Å². The third-order valence-corrected chi connectivity index (χ3v) is 7.81. The highest BCUT2D eigenvalue weighted by Crippen LogP contribution is 2.37. The van der Waals surface area contributed by atoms with Crippen molar-refractivity contribution in [3.8, 4) is 10.4 Å². The normalized spacial score (nSPS) is 11.6. The van der Waals surface area contributed by atoms with E-state index in [-0.39, 0.29) is 12.5 Å². The van der Waals surface area contributed by atoms with Gasteiger partial charge in [-0.15, -0.1) is 21.5 Å². The monoisotopic (exact) mass is 528 g/mol. The van der Waals surface area contributed by atoms with E-state index in [0.29, 0.717) is 25.7 Å². The van der Waals surface area contributed by atoms with Gasteiger partial charge >= 0.3 is 5.97 Å². The maximum absolute atomic E-state index is 13.9. The van der Waals surface area contributed by atoms with E-state index in [9.17, 15) is 14.0 Å². The Bertz CT molecular complexity index is 1330. The number of para-hydroxylation sites is 1. The third kappa shape index (κ3) is 6.24. The molecule has 0 aliphatic carbocycles. The van der Waals surface area contributed by atoms with Gasteiger partial charge in [0.15, 0.2) is 4.34 Å². The van der Waals surface area contributed by atoms with Gasteiger partial charge in [0.05, 0.1) is 23.1 Å². The smallest absolute Gasteiger partial charge is 0.341 e. The zero-order valence-electron chi connectivity index (χ0n) is 18.8. The van der Waals surface area contributed by atoms with Gasteiger partial charge in [-0.1, -0.05) is 65.6 Å². The van der Waals surface area contributed by atoms with Crippen LogP contribution in [0.15, 0.2) is 65.0 Å². The first-order valence-corrected chi connectivity index (χ1v) is 13.1. The molecule has 2 heterocycles. The Morgan fingerprint density at radius 2 is 1.83 bits per heavy atom. The molecule has 2 aromatic heterocycles. The number of rotatable bonds is 9. The summed E-state index contributed by atoms with van der Waals surface area (Å²) in [7, 11) is 0. The van der Waals surface area contributed by atoms with Crippen molar-refractivity contribution in [1.82, 2.24) is 10.2 Å². The number of thioether (sulfide) groups is 1. The van der Waals surface area contributed by atoms with Crippen LogP contribution in [0.5, 0.6) is 0 Å². The van der Waals surface area contributed by atoms with Crippen molar-refractivity contribution in [3.05, 3.63) is 72.0 Å². The molecule has 0 aliphatic rings. The number of ether oxygens (including phenoxy) is 1. The number of hydrogen-bond donors (Lipinski definition) is 2. The third-order valence-electron chi connectivity index (χ3n) is 4.69. The minimum Gasteiger partial charge on any atom is -0.462 e. The van der Waals surface area contributed by atoms with Crippen LogP contribution in [-0.4, -0.2) is 33.9 Å². The fourth-order valence-electron chi connectivity index (χ4n) is 2.99. The van der Waals surface area contributed by atoms with Gasteiger partial charge in [-0.2, -0.15) is 0 Å². The van der Waals surface area contributed by atoms with Crippen LogP contribution in [0.4, 0.5) is 20.2 Å². The van der Waals surface area contributed by atoms with E-state index in [1.165, 1.54) is 40.5 Å². The molecule has 2 N–H and O–H groups in total. The number of nitrogens with zero attached hydrogens (tertiary/aromatic N) is 2. The molecule has 0 bridgehead atoms. The molecule has 0 fully saturated rings. The number of benzene rings is 2. The van der Waals surface area contributed by atoms with Gasteiger partial charge in [0.2, 0.25) is 11.0 Å². The van der Waals surface area contributed by atoms with E-state index in [4.69, 9.17) is 4.74 Å². The summed E-state index contributed by atoms with van der Waals surface area (Å²) in [6.07, 6.45) is 0. The molecule has 0 saturated carbocycles. The maximum atomic E-state index is 13.9. The molecule has 1 amide bonds. The second-order valence-corrected chi connectivity index (χ2v) is 10.8. The molecule has 0 aliphatic heterocycles. The first-order chi connectivity index (χ1) is 16.9. The summed E-state index contributed by atoms with van der Waals surface area (Å²) in [6, 6.07) is 17.6. The molecule has 0 radical (unpaired) electrons. The number of hydrogen-bond acceptors (Lipinski definition) is 9. The lowest BCUT2D eigenvalue weighted by atomic mass is 10.1. The molecular formula is C24H21FN4O3S3. The second-order valence-electron chi connectivity index (χ2n) is 7.17. The van der Waals surface area contributed by atoms with Crippen LogP contribution < -0.4 is 10.6 Å². The number of halogens is 1. The fraction of sp³-hybridized carbons (Fsp3) is 0.167. The first-order valence-electron chi connectivity index (χ1n) is 10.6. The highest BCUT2D eigenvalue weighted by molar-refractivity contribution is 8.02. The van der Waals surface area contributed by atoms with Crippen LogP contribution in [-0.2, 0) is 9.53 Å². The number of anilines is 3. The summed E-state index contributed by atoms with van der Waals surface area (Å²) >= 11 is 3.75. The number of aromatic nitrogens is 2. The van der Waals surface area contributed by atoms with Gasteiger partial charge in [0, 0.05) is 4.88 Å². The molecular weight excluding hydrogens is 507 g/mol. The topological polar surface area (TPSA) is 93.2 Å². The highest BCUT2D eigenvalue weighted by atomic mass is 32.2. The van der Waals surface area contributed by atoms with Crippen LogP contribution in [0.1, 0.15) is 24.2 Å².